The number of rotatable bonds is 9. The first-order valence-corrected chi connectivity index (χ1v) is 9.72. The van der Waals surface area contributed by atoms with Gasteiger partial charge in [-0.05, 0) is 49.7 Å². The molecule has 0 saturated carbocycles. The smallest absolute Gasteiger partial charge is 0.270 e. The maximum atomic E-state index is 12.8. The van der Waals surface area contributed by atoms with Crippen molar-refractivity contribution in [2.45, 2.75) is 6.42 Å². The Morgan fingerprint density at radius 1 is 1.07 bits per heavy atom. The second-order valence-electron chi connectivity index (χ2n) is 7.21. The van der Waals surface area contributed by atoms with Crippen LogP contribution in [0.25, 0.3) is 16.8 Å². The zero-order valence-corrected chi connectivity index (χ0v) is 17.1. The third-order valence-corrected chi connectivity index (χ3v) is 4.66. The SMILES string of the molecule is CN(C)CCCOc1ccc(C(=O)/C=C/c2cccc([N+](=O)[O-])c2)c2ccccc12. The third kappa shape index (κ3) is 5.30. The molecular weight excluding hydrogens is 380 g/mol. The van der Waals surface area contributed by atoms with Crippen LogP contribution in [0.3, 0.4) is 0 Å². The third-order valence-electron chi connectivity index (χ3n) is 4.66. The van der Waals surface area contributed by atoms with Crippen LogP contribution in [0.15, 0.2) is 66.7 Å². The highest BCUT2D eigenvalue weighted by atomic mass is 16.6. The van der Waals surface area contributed by atoms with Gasteiger partial charge in [-0.1, -0.05) is 42.5 Å². The van der Waals surface area contributed by atoms with E-state index in [1.165, 1.54) is 18.2 Å². The summed E-state index contributed by atoms with van der Waals surface area (Å²) in [6.07, 6.45) is 3.95. The minimum Gasteiger partial charge on any atom is -0.493 e. The van der Waals surface area contributed by atoms with E-state index in [2.05, 4.69) is 4.90 Å². The van der Waals surface area contributed by atoms with Crippen LogP contribution in [0.4, 0.5) is 5.69 Å². The molecule has 0 bridgehead atoms. The number of nitro benzene ring substituents is 1. The first-order chi connectivity index (χ1) is 14.5. The Labute approximate surface area is 175 Å². The first kappa shape index (κ1) is 21.2. The summed E-state index contributed by atoms with van der Waals surface area (Å²) in [5, 5.41) is 12.6. The van der Waals surface area contributed by atoms with Crippen molar-refractivity contribution < 1.29 is 14.5 Å². The van der Waals surface area contributed by atoms with Gasteiger partial charge in [-0.25, -0.2) is 0 Å². The number of carbonyl (C=O) groups excluding carboxylic acids is 1. The number of ether oxygens (including phenoxy) is 1. The number of nitrogens with zero attached hydrogens (tertiary/aromatic N) is 2. The lowest BCUT2D eigenvalue weighted by atomic mass is 10.00. The van der Waals surface area contributed by atoms with E-state index in [1.54, 1.807) is 24.3 Å². The zero-order valence-electron chi connectivity index (χ0n) is 17.1. The molecule has 3 rings (SSSR count). The van der Waals surface area contributed by atoms with Crippen molar-refractivity contribution in [3.05, 3.63) is 88.0 Å². The summed E-state index contributed by atoms with van der Waals surface area (Å²) in [7, 11) is 4.05. The molecular formula is C24H24N2O4. The van der Waals surface area contributed by atoms with Crippen LogP contribution in [0, 0.1) is 10.1 Å². The fourth-order valence-electron chi connectivity index (χ4n) is 3.18. The highest BCUT2D eigenvalue weighted by Crippen LogP contribution is 2.29. The number of benzene rings is 3. The van der Waals surface area contributed by atoms with E-state index in [-0.39, 0.29) is 11.5 Å². The lowest BCUT2D eigenvalue weighted by Crippen LogP contribution is -2.15. The quantitative estimate of drug-likeness (QED) is 0.165. The summed E-state index contributed by atoms with van der Waals surface area (Å²) in [6.45, 7) is 1.54. The van der Waals surface area contributed by atoms with Crippen LogP contribution < -0.4 is 4.74 Å². The molecule has 0 aliphatic heterocycles. The van der Waals surface area contributed by atoms with Crippen molar-refractivity contribution in [1.82, 2.24) is 4.90 Å². The monoisotopic (exact) mass is 404 g/mol. The van der Waals surface area contributed by atoms with Crippen LogP contribution in [-0.4, -0.2) is 42.9 Å². The standard InChI is InChI=1S/C24H24N2O4/c1-25(2)15-6-16-30-24-14-12-21(20-9-3-4-10-22(20)24)23(27)13-11-18-7-5-8-19(17-18)26(28)29/h3-5,7-14,17H,6,15-16H2,1-2H3/b13-11+. The van der Waals surface area contributed by atoms with Gasteiger partial charge >= 0.3 is 0 Å². The normalized spacial score (nSPS) is 11.3. The molecule has 0 spiro atoms. The number of allylic oxidation sites excluding steroid dienone is 1. The molecule has 0 heterocycles. The molecule has 30 heavy (non-hydrogen) atoms. The summed E-state index contributed by atoms with van der Waals surface area (Å²) < 4.78 is 5.95. The molecule has 0 unspecified atom stereocenters. The van der Waals surface area contributed by atoms with E-state index in [4.69, 9.17) is 4.74 Å². The predicted octanol–water partition coefficient (Wildman–Crippen LogP) is 4.97. The van der Waals surface area contributed by atoms with Crippen LogP contribution >= 0.6 is 0 Å². The molecule has 0 amide bonds. The van der Waals surface area contributed by atoms with Gasteiger partial charge in [0.1, 0.15) is 5.75 Å². The van der Waals surface area contributed by atoms with Gasteiger partial charge in [-0.15, -0.1) is 0 Å². The van der Waals surface area contributed by atoms with E-state index in [1.807, 2.05) is 44.4 Å². The van der Waals surface area contributed by atoms with Gasteiger partial charge in [0.05, 0.1) is 11.5 Å². The molecule has 0 fully saturated rings. The Hall–Kier alpha value is -3.51. The van der Waals surface area contributed by atoms with Crippen molar-refractivity contribution in [3.8, 4) is 5.75 Å². The molecule has 6 nitrogen and oxygen atoms in total. The topological polar surface area (TPSA) is 72.7 Å². The molecule has 3 aromatic rings. The fraction of sp³-hybridized carbons (Fsp3) is 0.208. The summed E-state index contributed by atoms with van der Waals surface area (Å²) in [6, 6.07) is 17.4. The average molecular weight is 404 g/mol. The Morgan fingerprint density at radius 3 is 2.57 bits per heavy atom. The highest BCUT2D eigenvalue weighted by Gasteiger charge is 2.11. The first-order valence-electron chi connectivity index (χ1n) is 9.72. The molecule has 154 valence electrons. The van der Waals surface area contributed by atoms with Crippen LogP contribution in [0.5, 0.6) is 5.75 Å². The number of ketones is 1. The van der Waals surface area contributed by atoms with Crippen LogP contribution in [0.1, 0.15) is 22.3 Å². The highest BCUT2D eigenvalue weighted by molar-refractivity contribution is 6.15. The fourth-order valence-corrected chi connectivity index (χ4v) is 3.18. The lowest BCUT2D eigenvalue weighted by Gasteiger charge is -2.13. The Balaban J connectivity index is 1.82. The largest absolute Gasteiger partial charge is 0.493 e. The summed E-state index contributed by atoms with van der Waals surface area (Å²) in [4.78, 5) is 25.4. The van der Waals surface area contributed by atoms with Gasteiger partial charge in [0.2, 0.25) is 0 Å². The molecule has 0 atom stereocenters. The van der Waals surface area contributed by atoms with E-state index in [0.29, 0.717) is 17.7 Å². The summed E-state index contributed by atoms with van der Waals surface area (Å²) >= 11 is 0. The number of nitro groups is 1. The van der Waals surface area contributed by atoms with Crippen molar-refractivity contribution in [1.29, 1.82) is 0 Å². The Morgan fingerprint density at radius 2 is 1.83 bits per heavy atom. The summed E-state index contributed by atoms with van der Waals surface area (Å²) in [5.74, 6) is 0.584. The Bertz CT molecular complexity index is 1090. The predicted molar refractivity (Wildman–Crippen MR) is 119 cm³/mol. The van der Waals surface area contributed by atoms with Crippen molar-refractivity contribution >= 4 is 28.3 Å². The zero-order chi connectivity index (χ0) is 21.5. The summed E-state index contributed by atoms with van der Waals surface area (Å²) in [5.41, 5.74) is 1.15. The number of hydrogen-bond acceptors (Lipinski definition) is 5. The van der Waals surface area contributed by atoms with E-state index in [0.717, 1.165) is 29.5 Å². The molecule has 0 radical (unpaired) electrons. The van der Waals surface area contributed by atoms with Gasteiger partial charge in [0.15, 0.2) is 5.78 Å². The maximum absolute atomic E-state index is 12.8. The second-order valence-corrected chi connectivity index (χ2v) is 7.21. The molecule has 0 saturated heterocycles. The molecule has 6 heteroatoms. The molecule has 0 N–H and O–H groups in total. The van der Waals surface area contributed by atoms with E-state index in [9.17, 15) is 14.9 Å². The van der Waals surface area contributed by atoms with Crippen molar-refractivity contribution in [2.24, 2.45) is 0 Å². The van der Waals surface area contributed by atoms with Gasteiger partial charge in [0, 0.05) is 29.6 Å². The van der Waals surface area contributed by atoms with E-state index >= 15 is 0 Å². The number of fused-ring (bicyclic) bond motifs is 1. The van der Waals surface area contributed by atoms with Crippen LogP contribution in [-0.2, 0) is 0 Å². The van der Waals surface area contributed by atoms with Gasteiger partial charge < -0.3 is 9.64 Å². The number of hydrogen-bond donors (Lipinski definition) is 0. The number of carbonyl (C=O) groups is 1. The lowest BCUT2D eigenvalue weighted by molar-refractivity contribution is -0.384. The molecule has 0 aliphatic carbocycles. The van der Waals surface area contributed by atoms with E-state index < -0.39 is 4.92 Å². The van der Waals surface area contributed by atoms with Gasteiger partial charge in [-0.2, -0.15) is 0 Å². The van der Waals surface area contributed by atoms with Gasteiger partial charge in [0.25, 0.3) is 5.69 Å². The minimum atomic E-state index is -0.454. The Kier molecular flexibility index (Phi) is 6.93. The second kappa shape index (κ2) is 9.80. The van der Waals surface area contributed by atoms with Crippen molar-refractivity contribution in [3.63, 3.8) is 0 Å². The maximum Gasteiger partial charge on any atom is 0.270 e. The molecule has 0 aromatic heterocycles. The molecule has 0 aliphatic rings. The number of non-ortho nitro benzene ring substituents is 1. The van der Waals surface area contributed by atoms with Crippen LogP contribution in [0.2, 0.25) is 0 Å². The minimum absolute atomic E-state index is 0.00850. The molecule has 3 aromatic carbocycles. The van der Waals surface area contributed by atoms with Crippen molar-refractivity contribution in [2.75, 3.05) is 27.2 Å². The average Bonchev–Trinajstić information content (AvgIpc) is 2.75. The van der Waals surface area contributed by atoms with Gasteiger partial charge in [-0.3, -0.25) is 14.9 Å².